The summed E-state index contributed by atoms with van der Waals surface area (Å²) in [6.07, 6.45) is 4.01. The third kappa shape index (κ3) is 3.43. The van der Waals surface area contributed by atoms with Crippen molar-refractivity contribution in [2.24, 2.45) is 0 Å². The third-order valence-electron chi connectivity index (χ3n) is 3.46. The fraction of sp³-hybridized carbons (Fsp3) is 0.538. The first kappa shape index (κ1) is 15.1. The molecule has 1 aromatic carbocycles. The summed E-state index contributed by atoms with van der Waals surface area (Å²) in [6, 6.07) is 6.38. The molecule has 6 heteroatoms. The van der Waals surface area contributed by atoms with E-state index in [4.69, 9.17) is 23.2 Å². The van der Waals surface area contributed by atoms with Crippen molar-refractivity contribution in [2.75, 3.05) is 12.4 Å². The molecule has 0 atom stereocenters. The molecule has 0 unspecified atom stereocenters. The molecule has 0 aromatic heterocycles. The smallest absolute Gasteiger partial charge is 0.207 e. The number of nitrogens with zero attached hydrogens (tertiary/aromatic N) is 1. The number of hydrogen-bond acceptors (Lipinski definition) is 2. The normalized spacial score (nSPS) is 17.2. The lowest BCUT2D eigenvalue weighted by molar-refractivity contribution is 0.337. The van der Waals surface area contributed by atoms with Gasteiger partial charge in [-0.1, -0.05) is 24.4 Å². The number of sulfonamides is 1. The summed E-state index contributed by atoms with van der Waals surface area (Å²) in [7, 11) is -3.47. The lowest BCUT2D eigenvalue weighted by Crippen LogP contribution is -2.40. The van der Waals surface area contributed by atoms with E-state index in [0.29, 0.717) is 17.4 Å². The van der Waals surface area contributed by atoms with Gasteiger partial charge in [0, 0.05) is 23.5 Å². The summed E-state index contributed by atoms with van der Waals surface area (Å²) in [5.41, 5.74) is 0. The van der Waals surface area contributed by atoms with Crippen molar-refractivity contribution in [3.63, 3.8) is 0 Å². The largest absolute Gasteiger partial charge is 0.243 e. The summed E-state index contributed by atoms with van der Waals surface area (Å²) in [6.45, 7) is 0.358. The van der Waals surface area contributed by atoms with Crippen LogP contribution >= 0.6 is 23.2 Å². The lowest BCUT2D eigenvalue weighted by atomic mass is 10.2. The Morgan fingerprint density at radius 1 is 1.16 bits per heavy atom. The molecule has 0 N–H and O–H groups in total. The zero-order chi connectivity index (χ0) is 13.9. The molecule has 0 aliphatic heterocycles. The Kier molecular flexibility index (Phi) is 5.12. The van der Waals surface area contributed by atoms with Crippen molar-refractivity contribution >= 4 is 33.2 Å². The molecule has 106 valence electrons. The monoisotopic (exact) mass is 321 g/mol. The molecule has 1 saturated carbocycles. The predicted octanol–water partition coefficient (Wildman–Crippen LogP) is 3.51. The van der Waals surface area contributed by atoms with Crippen molar-refractivity contribution in [3.8, 4) is 0 Å². The van der Waals surface area contributed by atoms with Crippen LogP contribution in [-0.2, 0) is 10.0 Å². The van der Waals surface area contributed by atoms with Gasteiger partial charge in [0.2, 0.25) is 10.0 Å². The molecular formula is C13H17Cl2NO2S. The van der Waals surface area contributed by atoms with Gasteiger partial charge >= 0.3 is 0 Å². The van der Waals surface area contributed by atoms with Crippen molar-refractivity contribution in [2.45, 2.75) is 36.6 Å². The fourth-order valence-electron chi connectivity index (χ4n) is 2.52. The minimum Gasteiger partial charge on any atom is -0.207 e. The Morgan fingerprint density at radius 2 is 1.74 bits per heavy atom. The van der Waals surface area contributed by atoms with E-state index in [0.717, 1.165) is 25.7 Å². The maximum Gasteiger partial charge on any atom is 0.243 e. The van der Waals surface area contributed by atoms with E-state index in [-0.39, 0.29) is 10.9 Å². The van der Waals surface area contributed by atoms with E-state index >= 15 is 0 Å². The number of benzene rings is 1. The van der Waals surface area contributed by atoms with Crippen LogP contribution in [0, 0.1) is 0 Å². The Bertz CT molecular complexity index is 510. The van der Waals surface area contributed by atoms with Crippen LogP contribution in [0.25, 0.3) is 0 Å². The van der Waals surface area contributed by atoms with Gasteiger partial charge in [-0.15, -0.1) is 11.6 Å². The van der Waals surface area contributed by atoms with Crippen LogP contribution in [-0.4, -0.2) is 31.2 Å². The van der Waals surface area contributed by atoms with Crippen molar-refractivity contribution in [3.05, 3.63) is 29.3 Å². The van der Waals surface area contributed by atoms with Gasteiger partial charge in [0.25, 0.3) is 0 Å². The minimum absolute atomic E-state index is 0.0828. The van der Waals surface area contributed by atoms with Crippen molar-refractivity contribution in [1.82, 2.24) is 4.31 Å². The summed E-state index contributed by atoms with van der Waals surface area (Å²) in [4.78, 5) is 0.286. The molecule has 0 radical (unpaired) electrons. The van der Waals surface area contributed by atoms with Gasteiger partial charge in [-0.05, 0) is 37.1 Å². The fourth-order valence-corrected chi connectivity index (χ4v) is 4.61. The van der Waals surface area contributed by atoms with Crippen molar-refractivity contribution < 1.29 is 8.42 Å². The second-order valence-electron chi connectivity index (χ2n) is 4.70. The summed E-state index contributed by atoms with van der Waals surface area (Å²) in [5, 5.41) is 0.531. The van der Waals surface area contributed by atoms with E-state index in [9.17, 15) is 8.42 Å². The highest BCUT2D eigenvalue weighted by Crippen LogP contribution is 2.29. The van der Waals surface area contributed by atoms with Crippen LogP contribution < -0.4 is 0 Å². The number of alkyl halides is 1. The van der Waals surface area contributed by atoms with Crippen molar-refractivity contribution in [1.29, 1.82) is 0 Å². The summed E-state index contributed by atoms with van der Waals surface area (Å²) < 4.78 is 26.8. The molecule has 3 nitrogen and oxygen atoms in total. The van der Waals surface area contributed by atoms with E-state index in [1.54, 1.807) is 28.6 Å². The molecule has 0 heterocycles. The van der Waals surface area contributed by atoms with Crippen LogP contribution in [0.15, 0.2) is 29.2 Å². The molecule has 19 heavy (non-hydrogen) atoms. The number of halogens is 2. The Hall–Kier alpha value is -0.290. The van der Waals surface area contributed by atoms with E-state index in [2.05, 4.69) is 0 Å². The highest BCUT2D eigenvalue weighted by molar-refractivity contribution is 7.89. The van der Waals surface area contributed by atoms with Crippen LogP contribution in [0.1, 0.15) is 25.7 Å². The molecule has 1 fully saturated rings. The first-order chi connectivity index (χ1) is 9.05. The molecule has 1 aliphatic rings. The van der Waals surface area contributed by atoms with Crippen LogP contribution in [0.4, 0.5) is 0 Å². The third-order valence-corrected chi connectivity index (χ3v) is 5.84. The highest BCUT2D eigenvalue weighted by atomic mass is 35.5. The summed E-state index contributed by atoms with van der Waals surface area (Å²) >= 11 is 11.6. The van der Waals surface area contributed by atoms with E-state index < -0.39 is 10.0 Å². The van der Waals surface area contributed by atoms with Crippen LogP contribution in [0.2, 0.25) is 5.02 Å². The van der Waals surface area contributed by atoms with Gasteiger partial charge in [0.1, 0.15) is 0 Å². The predicted molar refractivity (Wildman–Crippen MR) is 78.3 cm³/mol. The Labute approximate surface area is 124 Å². The molecule has 0 spiro atoms. The number of rotatable bonds is 5. The minimum atomic E-state index is -3.47. The zero-order valence-corrected chi connectivity index (χ0v) is 12.9. The quantitative estimate of drug-likeness (QED) is 0.778. The topological polar surface area (TPSA) is 37.4 Å². The Morgan fingerprint density at radius 3 is 2.26 bits per heavy atom. The van der Waals surface area contributed by atoms with Crippen LogP contribution in [0.5, 0.6) is 0 Å². The molecular weight excluding hydrogens is 305 g/mol. The molecule has 0 bridgehead atoms. The lowest BCUT2D eigenvalue weighted by Gasteiger charge is -2.27. The van der Waals surface area contributed by atoms with E-state index in [1.165, 1.54) is 0 Å². The molecule has 0 saturated heterocycles. The maximum atomic E-state index is 12.6. The van der Waals surface area contributed by atoms with Crippen LogP contribution in [0.3, 0.4) is 0 Å². The standard InChI is InChI=1S/C13H17Cl2NO2S/c14-9-10-16(12-3-1-2-4-12)19(17,18)13-7-5-11(15)6-8-13/h5-8,12H,1-4,9-10H2. The second-order valence-corrected chi connectivity index (χ2v) is 7.40. The van der Waals surface area contributed by atoms with Gasteiger partial charge in [0.15, 0.2) is 0 Å². The number of hydrogen-bond donors (Lipinski definition) is 0. The van der Waals surface area contributed by atoms with Gasteiger partial charge in [-0.3, -0.25) is 0 Å². The SMILES string of the molecule is O=S(=O)(c1ccc(Cl)cc1)N(CCCl)C1CCCC1. The van der Waals surface area contributed by atoms with Gasteiger partial charge < -0.3 is 0 Å². The molecule has 1 aliphatic carbocycles. The second kappa shape index (κ2) is 6.44. The Balaban J connectivity index is 2.30. The first-order valence-corrected chi connectivity index (χ1v) is 8.74. The average Bonchev–Trinajstić information content (AvgIpc) is 2.89. The van der Waals surface area contributed by atoms with Gasteiger partial charge in [0.05, 0.1) is 4.90 Å². The highest BCUT2D eigenvalue weighted by Gasteiger charge is 2.32. The van der Waals surface area contributed by atoms with Gasteiger partial charge in [-0.2, -0.15) is 4.31 Å². The average molecular weight is 322 g/mol. The maximum absolute atomic E-state index is 12.6. The van der Waals surface area contributed by atoms with E-state index in [1.807, 2.05) is 0 Å². The first-order valence-electron chi connectivity index (χ1n) is 6.39. The molecule has 0 amide bonds. The zero-order valence-electron chi connectivity index (χ0n) is 10.6. The molecule has 2 rings (SSSR count). The molecule has 1 aromatic rings. The van der Waals surface area contributed by atoms with Gasteiger partial charge in [-0.25, -0.2) is 8.42 Å². The summed E-state index contributed by atoms with van der Waals surface area (Å²) in [5.74, 6) is 0.309.